The summed E-state index contributed by atoms with van der Waals surface area (Å²) in [5.74, 6) is -0.177. The Labute approximate surface area is 126 Å². The molecule has 19 heavy (non-hydrogen) atoms. The van der Waals surface area contributed by atoms with Crippen LogP contribution in [0.1, 0.15) is 12.5 Å². The molecule has 1 saturated heterocycles. The average molecular weight is 314 g/mol. The number of hydrogen-bond donors (Lipinski definition) is 0. The summed E-state index contributed by atoms with van der Waals surface area (Å²) in [6.45, 7) is 4.28. The van der Waals surface area contributed by atoms with Gasteiger partial charge in [0.15, 0.2) is 4.32 Å². The van der Waals surface area contributed by atoms with Crippen LogP contribution in [-0.4, -0.2) is 16.8 Å². The maximum Gasteiger partial charge on any atom is 0.273 e. The molecule has 0 spiro atoms. The smallest absolute Gasteiger partial charge is 0.273 e. The molecule has 2 rings (SSSR count). The van der Waals surface area contributed by atoms with Crippen LogP contribution in [-0.2, 0) is 9.53 Å². The summed E-state index contributed by atoms with van der Waals surface area (Å²) in [5, 5.41) is 0.611. The van der Waals surface area contributed by atoms with Crippen LogP contribution in [0.2, 0.25) is 5.02 Å². The van der Waals surface area contributed by atoms with Crippen molar-refractivity contribution < 1.29 is 9.53 Å². The molecule has 1 aromatic rings. The van der Waals surface area contributed by atoms with Gasteiger partial charge in [-0.3, -0.25) is 9.69 Å². The number of benzene rings is 1. The van der Waals surface area contributed by atoms with Crippen LogP contribution in [0.3, 0.4) is 0 Å². The van der Waals surface area contributed by atoms with Gasteiger partial charge in [-0.1, -0.05) is 41.6 Å². The molecule has 0 aromatic heterocycles. The zero-order valence-electron chi connectivity index (χ0n) is 10.5. The predicted molar refractivity (Wildman–Crippen MR) is 83.6 cm³/mol. The van der Waals surface area contributed by atoms with Crippen LogP contribution in [0.5, 0.6) is 0 Å². The van der Waals surface area contributed by atoms with E-state index in [0.29, 0.717) is 26.5 Å². The first-order valence-electron chi connectivity index (χ1n) is 5.68. The van der Waals surface area contributed by atoms with Crippen molar-refractivity contribution in [1.29, 1.82) is 0 Å². The van der Waals surface area contributed by atoms with Gasteiger partial charge in [0.2, 0.25) is 0 Å². The third-order valence-corrected chi connectivity index (χ3v) is 4.25. The lowest BCUT2D eigenvalue weighted by molar-refractivity contribution is -0.113. The molecule has 100 valence electrons. The van der Waals surface area contributed by atoms with Crippen LogP contribution < -0.4 is 4.90 Å². The Morgan fingerprint density at radius 2 is 2.26 bits per heavy atom. The molecule has 1 fully saturated rings. The normalized spacial score (nSPS) is 17.4. The number of halogens is 1. The highest BCUT2D eigenvalue weighted by atomic mass is 35.5. The average Bonchev–Trinajstić information content (AvgIpc) is 2.65. The number of carbonyl (C=O) groups is 1. The van der Waals surface area contributed by atoms with Gasteiger partial charge in [0.25, 0.3) is 5.91 Å². The van der Waals surface area contributed by atoms with Crippen molar-refractivity contribution in [2.45, 2.75) is 13.8 Å². The number of amides is 1. The highest BCUT2D eigenvalue weighted by molar-refractivity contribution is 8.27. The van der Waals surface area contributed by atoms with Crippen molar-refractivity contribution in [2.24, 2.45) is 0 Å². The molecule has 6 heteroatoms. The zero-order chi connectivity index (χ0) is 14.0. The number of ether oxygens (including phenoxy) is 1. The number of nitrogens with zero attached hydrogens (tertiary/aromatic N) is 1. The zero-order valence-corrected chi connectivity index (χ0v) is 12.9. The van der Waals surface area contributed by atoms with Gasteiger partial charge >= 0.3 is 0 Å². The van der Waals surface area contributed by atoms with E-state index in [-0.39, 0.29) is 5.91 Å². The summed E-state index contributed by atoms with van der Waals surface area (Å²) in [7, 11) is 0. The second-order valence-corrected chi connectivity index (χ2v) is 5.96. The SMILES string of the molecule is CCO/C=C1/SC(=S)N(c2ccc(C)c(Cl)c2)C1=O. The number of aryl methyl sites for hydroxylation is 1. The molecule has 0 radical (unpaired) electrons. The Bertz CT molecular complexity index is 572. The maximum atomic E-state index is 12.2. The predicted octanol–water partition coefficient (Wildman–Crippen LogP) is 3.89. The van der Waals surface area contributed by atoms with Crippen molar-refractivity contribution in [3.63, 3.8) is 0 Å². The molecule has 0 aliphatic carbocycles. The summed E-state index contributed by atoms with van der Waals surface area (Å²) in [4.78, 5) is 14.2. The van der Waals surface area contributed by atoms with Gasteiger partial charge in [-0.15, -0.1) is 0 Å². The summed E-state index contributed by atoms with van der Waals surface area (Å²) < 4.78 is 5.63. The van der Waals surface area contributed by atoms with Gasteiger partial charge in [-0.2, -0.15) is 0 Å². The molecular formula is C13H12ClNO2S2. The maximum absolute atomic E-state index is 12.2. The standard InChI is InChI=1S/C13H12ClNO2S2/c1-3-17-7-11-12(16)15(13(18)19-11)9-5-4-8(2)10(14)6-9/h4-7H,3H2,1-2H3/b11-7+. The van der Waals surface area contributed by atoms with E-state index in [1.165, 1.54) is 22.9 Å². The minimum Gasteiger partial charge on any atom is -0.500 e. The van der Waals surface area contributed by atoms with E-state index in [9.17, 15) is 4.79 Å². The molecule has 1 amide bonds. The fourth-order valence-corrected chi connectivity index (χ4v) is 2.95. The van der Waals surface area contributed by atoms with Crippen LogP contribution in [0, 0.1) is 6.92 Å². The Hall–Kier alpha value is -1.04. The van der Waals surface area contributed by atoms with Crippen molar-refractivity contribution in [2.75, 3.05) is 11.5 Å². The van der Waals surface area contributed by atoms with E-state index >= 15 is 0 Å². The topological polar surface area (TPSA) is 29.5 Å². The van der Waals surface area contributed by atoms with Crippen LogP contribution >= 0.6 is 35.6 Å². The number of thiocarbonyl (C=S) groups is 1. The lowest BCUT2D eigenvalue weighted by atomic mass is 10.2. The van der Waals surface area contributed by atoms with E-state index < -0.39 is 0 Å². The van der Waals surface area contributed by atoms with Crippen LogP contribution in [0.4, 0.5) is 5.69 Å². The first kappa shape index (κ1) is 14.4. The molecule has 3 nitrogen and oxygen atoms in total. The summed E-state index contributed by atoms with van der Waals surface area (Å²) >= 11 is 12.5. The largest absolute Gasteiger partial charge is 0.500 e. The highest BCUT2D eigenvalue weighted by Crippen LogP contribution is 2.36. The van der Waals surface area contributed by atoms with E-state index in [4.69, 9.17) is 28.6 Å². The van der Waals surface area contributed by atoms with Crippen molar-refractivity contribution >= 4 is 51.5 Å². The molecule has 1 aromatic carbocycles. The van der Waals surface area contributed by atoms with Crippen molar-refractivity contribution in [3.8, 4) is 0 Å². The van der Waals surface area contributed by atoms with Gasteiger partial charge in [0, 0.05) is 5.02 Å². The number of rotatable bonds is 3. The van der Waals surface area contributed by atoms with Gasteiger partial charge in [-0.05, 0) is 31.5 Å². The van der Waals surface area contributed by atoms with Gasteiger partial charge in [0.1, 0.15) is 11.2 Å². The third-order valence-electron chi connectivity index (χ3n) is 2.56. The van der Waals surface area contributed by atoms with Crippen LogP contribution in [0.15, 0.2) is 29.4 Å². The number of hydrogen-bond acceptors (Lipinski definition) is 4. The first-order chi connectivity index (χ1) is 9.04. The van der Waals surface area contributed by atoms with Gasteiger partial charge in [-0.25, -0.2) is 0 Å². The van der Waals surface area contributed by atoms with E-state index in [1.54, 1.807) is 6.07 Å². The molecule has 0 atom stereocenters. The molecule has 1 aliphatic rings. The molecule has 0 saturated carbocycles. The lowest BCUT2D eigenvalue weighted by Gasteiger charge is -2.15. The monoisotopic (exact) mass is 313 g/mol. The van der Waals surface area contributed by atoms with E-state index in [2.05, 4.69) is 0 Å². The molecule has 0 bridgehead atoms. The summed E-state index contributed by atoms with van der Waals surface area (Å²) in [5.41, 5.74) is 1.64. The fourth-order valence-electron chi connectivity index (χ4n) is 1.55. The number of anilines is 1. The van der Waals surface area contributed by atoms with E-state index in [0.717, 1.165) is 5.56 Å². The molecule has 1 heterocycles. The van der Waals surface area contributed by atoms with Crippen LogP contribution in [0.25, 0.3) is 0 Å². The number of carbonyl (C=O) groups excluding carboxylic acids is 1. The minimum atomic E-state index is -0.177. The fraction of sp³-hybridized carbons (Fsp3) is 0.231. The molecule has 0 N–H and O–H groups in total. The summed E-state index contributed by atoms with van der Waals surface area (Å²) in [6, 6.07) is 5.43. The minimum absolute atomic E-state index is 0.177. The Morgan fingerprint density at radius 3 is 2.89 bits per heavy atom. The van der Waals surface area contributed by atoms with Crippen molar-refractivity contribution in [1.82, 2.24) is 0 Å². The quantitative estimate of drug-likeness (QED) is 0.481. The van der Waals surface area contributed by atoms with E-state index in [1.807, 2.05) is 26.0 Å². The molecule has 1 aliphatic heterocycles. The molecule has 0 unspecified atom stereocenters. The van der Waals surface area contributed by atoms with Crippen molar-refractivity contribution in [3.05, 3.63) is 40.0 Å². The lowest BCUT2D eigenvalue weighted by Crippen LogP contribution is -2.27. The first-order valence-corrected chi connectivity index (χ1v) is 7.29. The third kappa shape index (κ3) is 2.94. The summed E-state index contributed by atoms with van der Waals surface area (Å²) in [6.07, 6.45) is 1.45. The second kappa shape index (κ2) is 5.94. The number of thioether (sulfide) groups is 1. The second-order valence-electron chi connectivity index (χ2n) is 3.88. The Morgan fingerprint density at radius 1 is 1.53 bits per heavy atom. The Kier molecular flexibility index (Phi) is 4.50. The highest BCUT2D eigenvalue weighted by Gasteiger charge is 2.33. The Balaban J connectivity index is 2.32. The van der Waals surface area contributed by atoms with Gasteiger partial charge < -0.3 is 4.74 Å². The molecular weight excluding hydrogens is 302 g/mol. The van der Waals surface area contributed by atoms with Gasteiger partial charge in [0.05, 0.1) is 12.3 Å².